The Morgan fingerprint density at radius 2 is 1.61 bits per heavy atom. The van der Waals surface area contributed by atoms with E-state index >= 15 is 0 Å². The Bertz CT molecular complexity index is 477. The van der Waals surface area contributed by atoms with Gasteiger partial charge in [0.15, 0.2) is 0 Å². The summed E-state index contributed by atoms with van der Waals surface area (Å²) >= 11 is 0. The Labute approximate surface area is 144 Å². The molecule has 126 valence electrons. The largest absolute Gasteiger partial charge is 0.0979 e. The van der Waals surface area contributed by atoms with Crippen LogP contribution in [0.25, 0.3) is 0 Å². The second-order valence-electron chi connectivity index (χ2n) is 7.24. The molecule has 0 heterocycles. The highest BCUT2D eigenvalue weighted by atomic mass is 14.3. The maximum absolute atomic E-state index is 3.27. The van der Waals surface area contributed by atoms with Gasteiger partial charge in [-0.2, -0.15) is 0 Å². The second kappa shape index (κ2) is 10.5. The van der Waals surface area contributed by atoms with Crippen LogP contribution in [0, 0.1) is 17.8 Å². The van der Waals surface area contributed by atoms with Gasteiger partial charge >= 0.3 is 0 Å². The summed E-state index contributed by atoms with van der Waals surface area (Å²) in [6.45, 7) is 4.48. The van der Waals surface area contributed by atoms with Gasteiger partial charge in [-0.1, -0.05) is 69.9 Å². The fraction of sp³-hybridized carbons (Fsp3) is 0.652. The lowest BCUT2D eigenvalue weighted by Crippen LogP contribution is -2.13. The van der Waals surface area contributed by atoms with E-state index in [-0.39, 0.29) is 0 Å². The zero-order valence-electron chi connectivity index (χ0n) is 15.2. The van der Waals surface area contributed by atoms with Crippen molar-refractivity contribution in [2.24, 2.45) is 5.92 Å². The zero-order valence-corrected chi connectivity index (χ0v) is 15.2. The first kappa shape index (κ1) is 18.1. The molecule has 1 saturated carbocycles. The van der Waals surface area contributed by atoms with Gasteiger partial charge in [-0.15, -0.1) is 0 Å². The fourth-order valence-corrected chi connectivity index (χ4v) is 3.77. The summed E-state index contributed by atoms with van der Waals surface area (Å²) in [5.41, 5.74) is 2.71. The third-order valence-corrected chi connectivity index (χ3v) is 5.30. The molecule has 0 saturated heterocycles. The predicted octanol–water partition coefficient (Wildman–Crippen LogP) is 7.08. The molecule has 2 rings (SSSR count). The highest BCUT2D eigenvalue weighted by Crippen LogP contribution is 2.37. The molecule has 0 heteroatoms. The molecule has 0 amide bonds. The van der Waals surface area contributed by atoms with Crippen molar-refractivity contribution in [3.05, 3.63) is 35.4 Å². The lowest BCUT2D eigenvalue weighted by molar-refractivity contribution is 0.302. The van der Waals surface area contributed by atoms with E-state index in [1.54, 1.807) is 0 Å². The second-order valence-corrected chi connectivity index (χ2v) is 7.24. The zero-order chi connectivity index (χ0) is 16.3. The summed E-state index contributed by atoms with van der Waals surface area (Å²) in [5, 5.41) is 0. The summed E-state index contributed by atoms with van der Waals surface area (Å²) < 4.78 is 0. The van der Waals surface area contributed by atoms with Gasteiger partial charge in [0.05, 0.1) is 0 Å². The molecule has 0 aromatic heterocycles. The molecule has 0 unspecified atom stereocenters. The number of hydrogen-bond donors (Lipinski definition) is 0. The van der Waals surface area contributed by atoms with Gasteiger partial charge in [0.1, 0.15) is 0 Å². The van der Waals surface area contributed by atoms with Gasteiger partial charge in [0, 0.05) is 12.0 Å². The van der Waals surface area contributed by atoms with Crippen LogP contribution in [0.1, 0.15) is 102 Å². The first-order valence-corrected chi connectivity index (χ1v) is 9.92. The van der Waals surface area contributed by atoms with Crippen LogP contribution in [0.4, 0.5) is 0 Å². The Morgan fingerprint density at radius 3 is 2.26 bits per heavy atom. The molecule has 1 aromatic carbocycles. The summed E-state index contributed by atoms with van der Waals surface area (Å²) in [4.78, 5) is 0. The topological polar surface area (TPSA) is 0 Å². The van der Waals surface area contributed by atoms with Gasteiger partial charge in [-0.25, -0.2) is 0 Å². The van der Waals surface area contributed by atoms with E-state index in [1.807, 2.05) is 0 Å². The first-order chi connectivity index (χ1) is 11.3. The van der Waals surface area contributed by atoms with Crippen molar-refractivity contribution in [1.29, 1.82) is 0 Å². The Kier molecular flexibility index (Phi) is 8.30. The van der Waals surface area contributed by atoms with Crippen molar-refractivity contribution >= 4 is 0 Å². The van der Waals surface area contributed by atoms with E-state index in [9.17, 15) is 0 Å². The molecule has 0 bridgehead atoms. The minimum Gasteiger partial charge on any atom is -0.0979 e. The predicted molar refractivity (Wildman–Crippen MR) is 102 cm³/mol. The van der Waals surface area contributed by atoms with Crippen molar-refractivity contribution in [3.8, 4) is 11.8 Å². The van der Waals surface area contributed by atoms with Crippen LogP contribution < -0.4 is 0 Å². The molecular weight excluding hydrogens is 276 g/mol. The lowest BCUT2D eigenvalue weighted by atomic mass is 9.77. The maximum Gasteiger partial charge on any atom is 0.0245 e. The van der Waals surface area contributed by atoms with Crippen LogP contribution in [-0.2, 0) is 0 Å². The third-order valence-electron chi connectivity index (χ3n) is 5.30. The van der Waals surface area contributed by atoms with E-state index in [0.717, 1.165) is 24.7 Å². The van der Waals surface area contributed by atoms with Crippen LogP contribution in [0.5, 0.6) is 0 Å². The van der Waals surface area contributed by atoms with E-state index in [1.165, 1.54) is 68.9 Å². The van der Waals surface area contributed by atoms with Crippen molar-refractivity contribution in [1.82, 2.24) is 0 Å². The summed E-state index contributed by atoms with van der Waals surface area (Å²) in [7, 11) is 0. The first-order valence-electron chi connectivity index (χ1n) is 9.92. The van der Waals surface area contributed by atoms with E-state index < -0.39 is 0 Å². The van der Waals surface area contributed by atoms with E-state index in [4.69, 9.17) is 0 Å². The van der Waals surface area contributed by atoms with Crippen molar-refractivity contribution in [3.63, 3.8) is 0 Å². The van der Waals surface area contributed by atoms with Gasteiger partial charge in [-0.05, 0) is 61.6 Å². The normalized spacial score (nSPS) is 20.8. The van der Waals surface area contributed by atoms with Gasteiger partial charge in [0.2, 0.25) is 0 Å². The molecule has 0 spiro atoms. The van der Waals surface area contributed by atoms with E-state index in [2.05, 4.69) is 50.0 Å². The molecule has 1 fully saturated rings. The molecule has 1 aliphatic carbocycles. The number of rotatable bonds is 7. The monoisotopic (exact) mass is 310 g/mol. The van der Waals surface area contributed by atoms with E-state index in [0.29, 0.717) is 0 Å². The summed E-state index contributed by atoms with van der Waals surface area (Å²) in [6, 6.07) is 9.08. The van der Waals surface area contributed by atoms with Crippen LogP contribution in [-0.4, -0.2) is 0 Å². The minimum absolute atomic E-state index is 0.791. The van der Waals surface area contributed by atoms with Crippen LogP contribution in [0.15, 0.2) is 24.3 Å². The van der Waals surface area contributed by atoms with Gasteiger partial charge < -0.3 is 0 Å². The van der Waals surface area contributed by atoms with Crippen LogP contribution in [0.2, 0.25) is 0 Å². The summed E-state index contributed by atoms with van der Waals surface area (Å²) in [6.07, 6.45) is 14.9. The van der Waals surface area contributed by atoms with Crippen LogP contribution >= 0.6 is 0 Å². The van der Waals surface area contributed by atoms with Gasteiger partial charge in [0.25, 0.3) is 0 Å². The lowest BCUT2D eigenvalue weighted by Gasteiger charge is -2.29. The highest BCUT2D eigenvalue weighted by molar-refractivity contribution is 5.37. The molecule has 0 N–H and O–H groups in total. The third kappa shape index (κ3) is 6.42. The molecule has 1 aromatic rings. The van der Waals surface area contributed by atoms with Crippen LogP contribution in [0.3, 0.4) is 0 Å². The fourth-order valence-electron chi connectivity index (χ4n) is 3.77. The van der Waals surface area contributed by atoms with Crippen molar-refractivity contribution in [2.75, 3.05) is 0 Å². The minimum atomic E-state index is 0.791. The Morgan fingerprint density at radius 1 is 0.870 bits per heavy atom. The molecule has 1 aliphatic rings. The van der Waals surface area contributed by atoms with Crippen molar-refractivity contribution < 1.29 is 0 Å². The average Bonchev–Trinajstić information content (AvgIpc) is 2.60. The molecular formula is C23H34. The molecule has 0 radical (unpaired) electrons. The standard InChI is InChI=1S/C23H34/c1-3-5-7-9-11-21-14-18-23(19-15-21)22-16-12-20(13-17-22)10-8-6-4-2/h12-13,16-17,21,23H,3-7,9,11,14-15,18-19H2,1-2H3. The van der Waals surface area contributed by atoms with Gasteiger partial charge in [-0.3, -0.25) is 0 Å². The summed E-state index contributed by atoms with van der Waals surface area (Å²) in [5.74, 6) is 8.29. The number of hydrogen-bond acceptors (Lipinski definition) is 0. The average molecular weight is 311 g/mol. The molecule has 0 nitrogen and oxygen atoms in total. The Hall–Kier alpha value is -1.22. The maximum atomic E-state index is 3.27. The molecule has 0 aliphatic heterocycles. The number of benzene rings is 1. The van der Waals surface area contributed by atoms with Crippen molar-refractivity contribution in [2.45, 2.75) is 90.4 Å². The quantitative estimate of drug-likeness (QED) is 0.373. The molecule has 0 atom stereocenters. The smallest absolute Gasteiger partial charge is 0.0245 e. The highest BCUT2D eigenvalue weighted by Gasteiger charge is 2.21. The SMILES string of the molecule is CCCC#Cc1ccc(C2CCC(CCCCCC)CC2)cc1. The molecule has 23 heavy (non-hydrogen) atoms. The number of unbranched alkanes of at least 4 members (excludes halogenated alkanes) is 4. The Balaban J connectivity index is 1.75.